The van der Waals surface area contributed by atoms with Crippen molar-refractivity contribution in [3.8, 4) is 28.2 Å². The van der Waals surface area contributed by atoms with Gasteiger partial charge in [0, 0.05) is 39.7 Å². The maximum atomic E-state index is 5.39. The van der Waals surface area contributed by atoms with Gasteiger partial charge < -0.3 is 10.6 Å². The van der Waals surface area contributed by atoms with E-state index in [1.807, 2.05) is 12.1 Å². The van der Waals surface area contributed by atoms with Gasteiger partial charge in [0.1, 0.15) is 24.0 Å². The summed E-state index contributed by atoms with van der Waals surface area (Å²) < 4.78 is 2.32. The van der Waals surface area contributed by atoms with Crippen molar-refractivity contribution in [2.75, 3.05) is 11.9 Å². The average Bonchev–Trinajstić information content (AvgIpc) is 3.66. The molecule has 3 heterocycles. The largest absolute Gasteiger partial charge is 0.381 e. The van der Waals surface area contributed by atoms with Gasteiger partial charge in [0.2, 0.25) is 0 Å². The van der Waals surface area contributed by atoms with Crippen LogP contribution in [0.1, 0.15) is 34.6 Å². The Morgan fingerprint density at radius 1 is 0.566 bits per heavy atom. The van der Waals surface area contributed by atoms with Crippen LogP contribution in [0, 0.1) is 0 Å². The van der Waals surface area contributed by atoms with Gasteiger partial charge in [-0.15, -0.1) is 0 Å². The van der Waals surface area contributed by atoms with E-state index >= 15 is 0 Å². The summed E-state index contributed by atoms with van der Waals surface area (Å²) in [6.07, 6.45) is 4.16. The third kappa shape index (κ3) is 5.57. The van der Waals surface area contributed by atoms with Crippen molar-refractivity contribution in [1.29, 1.82) is 0 Å². The van der Waals surface area contributed by atoms with Gasteiger partial charge in [-0.2, -0.15) is 0 Å². The highest BCUT2D eigenvalue weighted by molar-refractivity contribution is 6.16. The molecule has 1 aromatic heterocycles. The summed E-state index contributed by atoms with van der Waals surface area (Å²) in [6, 6.07) is 57.5. The number of rotatable bonds is 6. The minimum Gasteiger partial charge on any atom is -0.381 e. The molecule has 7 aromatic carbocycles. The average molecular weight is 685 g/mol. The van der Waals surface area contributed by atoms with Crippen molar-refractivity contribution in [3.63, 3.8) is 0 Å². The molecule has 2 unspecified atom stereocenters. The van der Waals surface area contributed by atoms with Gasteiger partial charge in [0.25, 0.3) is 0 Å². The highest BCUT2D eigenvalue weighted by Crippen LogP contribution is 2.42. The van der Waals surface area contributed by atoms with Gasteiger partial charge in [-0.25, -0.2) is 9.98 Å². The van der Waals surface area contributed by atoms with Crippen LogP contribution in [0.2, 0.25) is 0 Å². The fraction of sp³-hybridized carbons (Fsp3) is 0.0638. The van der Waals surface area contributed by atoms with Gasteiger partial charge in [0.05, 0.1) is 16.7 Å². The highest BCUT2D eigenvalue weighted by Gasteiger charge is 2.26. The second-order valence-electron chi connectivity index (χ2n) is 13.5. The number of imidazole rings is 1. The Hall–Kier alpha value is -6.76. The molecule has 254 valence electrons. The van der Waals surface area contributed by atoms with Crippen LogP contribution in [-0.4, -0.2) is 21.9 Å². The van der Waals surface area contributed by atoms with Gasteiger partial charge in [-0.1, -0.05) is 164 Å². The molecule has 2 atom stereocenters. The third-order valence-corrected chi connectivity index (χ3v) is 10.3. The van der Waals surface area contributed by atoms with Crippen molar-refractivity contribution in [1.82, 2.24) is 20.2 Å². The van der Waals surface area contributed by atoms with Crippen molar-refractivity contribution in [2.24, 2.45) is 4.99 Å². The molecule has 6 heteroatoms. The summed E-state index contributed by atoms with van der Waals surface area (Å²) in [6.45, 7) is 0.808. The maximum Gasteiger partial charge on any atom is 0.145 e. The van der Waals surface area contributed by atoms with E-state index in [4.69, 9.17) is 9.98 Å². The first kappa shape index (κ1) is 31.0. The lowest BCUT2D eigenvalue weighted by Gasteiger charge is -2.32. The summed E-state index contributed by atoms with van der Waals surface area (Å²) in [4.78, 5) is 10.4. The van der Waals surface area contributed by atoms with Crippen molar-refractivity contribution < 1.29 is 0 Å². The first-order chi connectivity index (χ1) is 26.3. The van der Waals surface area contributed by atoms with Gasteiger partial charge >= 0.3 is 0 Å². The van der Waals surface area contributed by atoms with Crippen LogP contribution in [0.15, 0.2) is 175 Å². The van der Waals surface area contributed by atoms with Crippen molar-refractivity contribution >= 4 is 39.4 Å². The van der Waals surface area contributed by atoms with Crippen molar-refractivity contribution in [2.45, 2.75) is 12.3 Å². The topological polar surface area (TPSA) is 66.3 Å². The number of aliphatic imine (C=N–C) groups is 1. The number of aromatic nitrogens is 2. The molecule has 0 saturated carbocycles. The Bertz CT molecular complexity index is 2640. The van der Waals surface area contributed by atoms with Crippen LogP contribution in [0.25, 0.3) is 56.1 Å². The normalized spacial score (nSPS) is 16.5. The monoisotopic (exact) mass is 684 g/mol. The molecule has 6 nitrogen and oxygen atoms in total. The molecule has 53 heavy (non-hydrogen) atoms. The van der Waals surface area contributed by atoms with E-state index in [2.05, 4.69) is 184 Å². The molecule has 0 fully saturated rings. The van der Waals surface area contributed by atoms with Crippen LogP contribution < -0.4 is 16.0 Å². The van der Waals surface area contributed by atoms with E-state index in [1.165, 1.54) is 10.9 Å². The number of hydrogen-bond donors (Lipinski definition) is 3. The number of para-hydroxylation sites is 1. The number of hydrogen-bond acceptors (Lipinski definition) is 5. The summed E-state index contributed by atoms with van der Waals surface area (Å²) in [5.41, 5.74) is 12.2. The predicted octanol–water partition coefficient (Wildman–Crippen LogP) is 10.3. The van der Waals surface area contributed by atoms with Gasteiger partial charge in [0.15, 0.2) is 0 Å². The van der Waals surface area contributed by atoms with Gasteiger partial charge in [-0.05, 0) is 34.4 Å². The Balaban J connectivity index is 1.00. The molecule has 10 rings (SSSR count). The van der Waals surface area contributed by atoms with Crippen molar-refractivity contribution in [3.05, 3.63) is 192 Å². The molecule has 0 bridgehead atoms. The Kier molecular flexibility index (Phi) is 7.66. The second-order valence-corrected chi connectivity index (χ2v) is 13.5. The molecule has 0 aliphatic carbocycles. The highest BCUT2D eigenvalue weighted by atomic mass is 15.3. The van der Waals surface area contributed by atoms with Crippen LogP contribution in [0.5, 0.6) is 0 Å². The summed E-state index contributed by atoms with van der Waals surface area (Å²) in [5, 5.41) is 13.4. The molecule has 0 amide bonds. The van der Waals surface area contributed by atoms with E-state index < -0.39 is 0 Å². The third-order valence-electron chi connectivity index (χ3n) is 10.3. The fourth-order valence-corrected chi connectivity index (χ4v) is 7.70. The minimum atomic E-state index is -0.166. The number of nitrogens with zero attached hydrogens (tertiary/aromatic N) is 3. The van der Waals surface area contributed by atoms with Crippen LogP contribution in [-0.2, 0) is 0 Å². The molecule has 3 N–H and O–H groups in total. The Labute approximate surface area is 308 Å². The first-order valence-corrected chi connectivity index (χ1v) is 18.1. The molecule has 2 aliphatic heterocycles. The number of benzene rings is 7. The molecule has 0 radical (unpaired) electrons. The number of nitrogens with one attached hydrogen (secondary N) is 3. The Morgan fingerprint density at radius 3 is 1.92 bits per heavy atom. The zero-order valence-electron chi connectivity index (χ0n) is 28.9. The smallest absolute Gasteiger partial charge is 0.145 e. The zero-order chi connectivity index (χ0) is 35.1. The standard InChI is InChI=1S/C47H36N6/c1-4-13-33(14-5-1)44-50-45(34-15-6-2-7-16-34)52-46(51-44)35-26-22-31(23-27-35)32-24-28-36(29-25-32)47-49-42-39-20-11-10-19-38(39)41-40(21-12-30-48-41)43(42)53(47)37-17-8-3-9-18-37/h1-29,44,46,48,51H,30H2,(H,50,52). The van der Waals surface area contributed by atoms with E-state index in [-0.39, 0.29) is 12.3 Å². The lowest BCUT2D eigenvalue weighted by Crippen LogP contribution is -2.44. The molecular weight excluding hydrogens is 649 g/mol. The molecular formula is C47H36N6. The van der Waals surface area contributed by atoms with E-state index in [9.17, 15) is 0 Å². The zero-order valence-corrected chi connectivity index (χ0v) is 28.9. The van der Waals surface area contributed by atoms with Crippen LogP contribution >= 0.6 is 0 Å². The van der Waals surface area contributed by atoms with E-state index in [0.29, 0.717) is 0 Å². The predicted molar refractivity (Wildman–Crippen MR) is 218 cm³/mol. The lowest BCUT2D eigenvalue weighted by molar-refractivity contribution is 0.409. The number of amidine groups is 1. The summed E-state index contributed by atoms with van der Waals surface area (Å²) in [5.74, 6) is 1.80. The summed E-state index contributed by atoms with van der Waals surface area (Å²) >= 11 is 0. The molecule has 8 aromatic rings. The quantitative estimate of drug-likeness (QED) is 0.163. The van der Waals surface area contributed by atoms with E-state index in [1.54, 1.807) is 0 Å². The van der Waals surface area contributed by atoms with Gasteiger partial charge in [-0.3, -0.25) is 9.88 Å². The maximum absolute atomic E-state index is 5.39. The lowest BCUT2D eigenvalue weighted by atomic mass is 9.99. The molecule has 2 aliphatic rings. The van der Waals surface area contributed by atoms with Crippen LogP contribution in [0.3, 0.4) is 0 Å². The van der Waals surface area contributed by atoms with E-state index in [0.717, 1.165) is 79.4 Å². The molecule has 0 spiro atoms. The number of fused-ring (bicyclic) bond motifs is 6. The SMILES string of the molecule is C1=Cc2c(c3ccccc3c3nc(-c4ccc(-c5ccc(C6NC(c7ccccc7)=NC(c7ccccc7)N6)cc5)cc4)n(-c4ccccc4)c23)NC1. The minimum absolute atomic E-state index is 0.109. The second kappa shape index (κ2) is 13.1. The first-order valence-electron chi connectivity index (χ1n) is 18.1. The van der Waals surface area contributed by atoms with Crippen LogP contribution in [0.4, 0.5) is 5.69 Å². The number of anilines is 1. The summed E-state index contributed by atoms with van der Waals surface area (Å²) in [7, 11) is 0. The molecule has 0 saturated heterocycles. The Morgan fingerprint density at radius 2 is 1.19 bits per heavy atom. The fourth-order valence-electron chi connectivity index (χ4n) is 7.70.